The van der Waals surface area contributed by atoms with Crippen LogP contribution in [0.15, 0.2) is 22.7 Å². The van der Waals surface area contributed by atoms with Crippen LogP contribution in [0.2, 0.25) is 0 Å². The quantitative estimate of drug-likeness (QED) is 0.586. The molecule has 0 N–H and O–H groups in total. The predicted octanol–water partition coefficient (Wildman–Crippen LogP) is 3.77. The number of carbonyl (C=O) groups is 1. The van der Waals surface area contributed by atoms with Gasteiger partial charge in [-0.3, -0.25) is 14.9 Å². The second-order valence-electron chi connectivity index (χ2n) is 4.24. The molecule has 0 heterocycles. The molecular weight excluding hydrogens is 357 g/mol. The lowest BCUT2D eigenvalue weighted by Gasteiger charge is -2.23. The number of nitro groups is 1. The molecule has 9 heteroatoms. The van der Waals surface area contributed by atoms with Crippen LogP contribution in [0, 0.1) is 10.1 Å². The minimum Gasteiger partial charge on any atom is -0.330 e. The van der Waals surface area contributed by atoms with Crippen molar-refractivity contribution in [1.82, 2.24) is 4.90 Å². The van der Waals surface area contributed by atoms with Crippen LogP contribution in [0.5, 0.6) is 0 Å². The summed E-state index contributed by atoms with van der Waals surface area (Å²) in [4.78, 5) is 22.9. The first-order chi connectivity index (χ1) is 9.67. The van der Waals surface area contributed by atoms with Crippen LogP contribution in [-0.4, -0.2) is 35.0 Å². The second-order valence-corrected chi connectivity index (χ2v) is 5.03. The van der Waals surface area contributed by atoms with E-state index in [9.17, 15) is 28.1 Å². The lowest BCUT2D eigenvalue weighted by molar-refractivity contribution is -0.385. The number of hydrogen-bond acceptors (Lipinski definition) is 3. The van der Waals surface area contributed by atoms with Gasteiger partial charge in [-0.05, 0) is 28.4 Å². The summed E-state index contributed by atoms with van der Waals surface area (Å²) in [5, 5.41) is 10.8. The third kappa shape index (κ3) is 4.69. The monoisotopic (exact) mass is 368 g/mol. The van der Waals surface area contributed by atoms with Gasteiger partial charge >= 0.3 is 6.18 Å². The Bertz CT molecular complexity index is 549. The third-order valence-corrected chi connectivity index (χ3v) is 3.39. The van der Waals surface area contributed by atoms with Gasteiger partial charge in [0.1, 0.15) is 11.0 Å². The van der Waals surface area contributed by atoms with E-state index in [1.807, 2.05) is 0 Å². The Balaban J connectivity index is 3.15. The maximum Gasteiger partial charge on any atom is 0.406 e. The Labute approximate surface area is 127 Å². The highest BCUT2D eigenvalue weighted by Gasteiger charge is 2.34. The number of halogens is 4. The van der Waals surface area contributed by atoms with Gasteiger partial charge in [0.25, 0.3) is 11.6 Å². The maximum atomic E-state index is 12.5. The van der Waals surface area contributed by atoms with E-state index in [1.54, 1.807) is 6.92 Å². The molecular formula is C12H12BrF3N2O3. The molecule has 0 saturated heterocycles. The van der Waals surface area contributed by atoms with Gasteiger partial charge in [-0.1, -0.05) is 13.0 Å². The molecule has 0 radical (unpaired) electrons. The van der Waals surface area contributed by atoms with Crippen LogP contribution in [0.25, 0.3) is 0 Å². The molecule has 0 aromatic heterocycles. The van der Waals surface area contributed by atoms with Gasteiger partial charge in [-0.25, -0.2) is 0 Å². The van der Waals surface area contributed by atoms with E-state index < -0.39 is 23.6 Å². The highest BCUT2D eigenvalue weighted by atomic mass is 79.9. The lowest BCUT2D eigenvalue weighted by atomic mass is 10.1. The second kappa shape index (κ2) is 6.88. The van der Waals surface area contributed by atoms with Crippen LogP contribution in [0.3, 0.4) is 0 Å². The summed E-state index contributed by atoms with van der Waals surface area (Å²) in [6.45, 7) is 0.154. The fourth-order valence-electron chi connectivity index (χ4n) is 1.74. The molecule has 1 aromatic rings. The van der Waals surface area contributed by atoms with Gasteiger partial charge in [-0.15, -0.1) is 0 Å². The molecule has 0 unspecified atom stereocenters. The van der Waals surface area contributed by atoms with Gasteiger partial charge < -0.3 is 4.90 Å². The van der Waals surface area contributed by atoms with Crippen LogP contribution in [0.1, 0.15) is 23.7 Å². The number of nitrogens with zero attached hydrogens (tertiary/aromatic N) is 2. The fourth-order valence-corrected chi connectivity index (χ4v) is 2.31. The summed E-state index contributed by atoms with van der Waals surface area (Å²) in [6, 6.07) is 3.67. The van der Waals surface area contributed by atoms with Gasteiger partial charge in [0.15, 0.2) is 0 Å². The summed E-state index contributed by atoms with van der Waals surface area (Å²) in [5.74, 6) is -0.898. The van der Waals surface area contributed by atoms with Crippen molar-refractivity contribution in [2.75, 3.05) is 13.1 Å². The molecule has 1 rings (SSSR count). The van der Waals surface area contributed by atoms with Crippen molar-refractivity contribution in [1.29, 1.82) is 0 Å². The van der Waals surface area contributed by atoms with E-state index >= 15 is 0 Å². The van der Waals surface area contributed by atoms with Crippen molar-refractivity contribution < 1.29 is 22.9 Å². The van der Waals surface area contributed by atoms with E-state index in [4.69, 9.17) is 0 Å². The van der Waals surface area contributed by atoms with Gasteiger partial charge in [0.2, 0.25) is 0 Å². The smallest absolute Gasteiger partial charge is 0.330 e. The van der Waals surface area contributed by atoms with Crippen molar-refractivity contribution in [2.24, 2.45) is 0 Å². The van der Waals surface area contributed by atoms with Gasteiger partial charge in [-0.2, -0.15) is 13.2 Å². The Morgan fingerprint density at radius 1 is 1.43 bits per heavy atom. The summed E-state index contributed by atoms with van der Waals surface area (Å²) >= 11 is 2.91. The van der Waals surface area contributed by atoms with Crippen molar-refractivity contribution in [3.63, 3.8) is 0 Å². The Kier molecular flexibility index (Phi) is 5.70. The zero-order valence-electron chi connectivity index (χ0n) is 11.0. The van der Waals surface area contributed by atoms with Crippen molar-refractivity contribution in [3.8, 4) is 0 Å². The molecule has 116 valence electrons. The average molecular weight is 369 g/mol. The van der Waals surface area contributed by atoms with Crippen LogP contribution < -0.4 is 0 Å². The summed E-state index contributed by atoms with van der Waals surface area (Å²) in [6.07, 6.45) is -4.19. The average Bonchev–Trinajstić information content (AvgIpc) is 2.36. The predicted molar refractivity (Wildman–Crippen MR) is 73.0 cm³/mol. The highest BCUT2D eigenvalue weighted by Crippen LogP contribution is 2.29. The fraction of sp³-hybridized carbons (Fsp3) is 0.417. The minimum atomic E-state index is -4.53. The van der Waals surface area contributed by atoms with E-state index in [-0.39, 0.29) is 22.3 Å². The number of alkyl halides is 3. The molecule has 5 nitrogen and oxygen atoms in total. The molecule has 0 saturated carbocycles. The molecule has 0 bridgehead atoms. The first-order valence-electron chi connectivity index (χ1n) is 5.96. The highest BCUT2D eigenvalue weighted by molar-refractivity contribution is 9.10. The maximum absolute atomic E-state index is 12.5. The van der Waals surface area contributed by atoms with Crippen molar-refractivity contribution in [2.45, 2.75) is 19.5 Å². The molecule has 0 spiro atoms. The number of amides is 1. The van der Waals surface area contributed by atoms with Crippen molar-refractivity contribution >= 4 is 27.5 Å². The molecule has 1 aromatic carbocycles. The van der Waals surface area contributed by atoms with Gasteiger partial charge in [0, 0.05) is 12.6 Å². The number of hydrogen-bond donors (Lipinski definition) is 0. The van der Waals surface area contributed by atoms with Crippen LogP contribution >= 0.6 is 15.9 Å². The van der Waals surface area contributed by atoms with Crippen LogP contribution in [0.4, 0.5) is 18.9 Å². The van der Waals surface area contributed by atoms with Crippen LogP contribution in [-0.2, 0) is 0 Å². The first kappa shape index (κ1) is 17.4. The number of nitro benzene ring substituents is 1. The summed E-state index contributed by atoms with van der Waals surface area (Å²) in [7, 11) is 0. The zero-order chi connectivity index (χ0) is 16.2. The standard InChI is InChI=1S/C12H12BrF3N2O3/c1-2-6-17(7-12(14,15)16)11(19)8-4-3-5-9(10(8)13)18(20)21/h3-5H,2,6-7H2,1H3. The molecule has 0 aliphatic carbocycles. The number of rotatable bonds is 5. The van der Waals surface area contributed by atoms with Crippen molar-refractivity contribution in [3.05, 3.63) is 38.3 Å². The molecule has 0 aliphatic rings. The molecule has 0 fully saturated rings. The summed E-state index contributed by atoms with van der Waals surface area (Å²) in [5.41, 5.74) is -0.536. The zero-order valence-corrected chi connectivity index (χ0v) is 12.6. The van der Waals surface area contributed by atoms with E-state index in [0.717, 1.165) is 6.07 Å². The van der Waals surface area contributed by atoms with Gasteiger partial charge in [0.05, 0.1) is 10.5 Å². The summed E-state index contributed by atoms with van der Waals surface area (Å²) < 4.78 is 37.4. The molecule has 1 amide bonds. The molecule has 0 aliphatic heterocycles. The minimum absolute atomic E-state index is 0.0898. The SMILES string of the molecule is CCCN(CC(F)(F)F)C(=O)c1cccc([N+](=O)[O-])c1Br. The Morgan fingerprint density at radius 3 is 2.52 bits per heavy atom. The van der Waals surface area contributed by atoms with E-state index in [0.29, 0.717) is 11.3 Å². The van der Waals surface area contributed by atoms with E-state index in [2.05, 4.69) is 15.9 Å². The third-order valence-electron chi connectivity index (χ3n) is 2.56. The largest absolute Gasteiger partial charge is 0.406 e. The lowest BCUT2D eigenvalue weighted by Crippen LogP contribution is -2.39. The molecule has 0 atom stereocenters. The van der Waals surface area contributed by atoms with E-state index in [1.165, 1.54) is 12.1 Å². The Hall–Kier alpha value is -1.64. The number of carbonyl (C=O) groups excluding carboxylic acids is 1. The number of benzene rings is 1. The molecule has 21 heavy (non-hydrogen) atoms. The Morgan fingerprint density at radius 2 is 2.05 bits per heavy atom. The topological polar surface area (TPSA) is 63.5 Å². The normalized spacial score (nSPS) is 11.3. The first-order valence-corrected chi connectivity index (χ1v) is 6.75.